The second kappa shape index (κ2) is 51.7. The summed E-state index contributed by atoms with van der Waals surface area (Å²) in [5.74, 6) is 1.24. The van der Waals surface area contributed by atoms with E-state index in [4.69, 9.17) is 45.0 Å². The summed E-state index contributed by atoms with van der Waals surface area (Å²) in [6, 6.07) is 0. The molecule has 0 spiro atoms. The average molecular weight is 1540 g/mol. The number of rotatable bonds is 54. The van der Waals surface area contributed by atoms with Crippen LogP contribution < -0.4 is 0 Å². The van der Waals surface area contributed by atoms with Crippen LogP contribution >= 0.6 is 58.3 Å². The molecular weight excluding hydrogens is 1410 g/mol. The molecule has 0 saturated heterocycles. The van der Waals surface area contributed by atoms with E-state index in [9.17, 15) is 22.8 Å². The Morgan fingerprint density at radius 2 is 0.618 bits per heavy atom. The quantitative estimate of drug-likeness (QED) is 0.0118. The smallest absolute Gasteiger partial charge is 0.305 e. The zero-order chi connectivity index (χ0) is 74.7. The van der Waals surface area contributed by atoms with Crippen molar-refractivity contribution in [2.75, 3.05) is 7.11 Å². The maximum Gasteiger partial charge on any atom is 0.305 e. The number of nitrogens with zero attached hydrogens (tertiary/aromatic N) is 12. The first-order chi connectivity index (χ1) is 48.9. The van der Waals surface area contributed by atoms with Crippen LogP contribution in [0.5, 0.6) is 0 Å². The fraction of sp³-hybridized carbons (Fsp3) is 0.763. The number of halogens is 3. The van der Waals surface area contributed by atoms with Crippen molar-refractivity contribution in [2.45, 2.75) is 382 Å². The lowest BCUT2D eigenvalue weighted by Gasteiger charge is -2.12. The van der Waals surface area contributed by atoms with Gasteiger partial charge in [0.15, 0.2) is 31.8 Å². The van der Waals surface area contributed by atoms with Crippen molar-refractivity contribution in [2.24, 2.45) is 0 Å². The maximum absolute atomic E-state index is 12.9. The van der Waals surface area contributed by atoms with Gasteiger partial charge in [0, 0.05) is 49.4 Å². The number of unbranched alkanes of at least 4 members (excludes halogenated alkanes) is 36. The Hall–Kier alpha value is -4.42. The summed E-state index contributed by atoms with van der Waals surface area (Å²) in [5, 5.41) is 19.8. The molecule has 0 aliphatic carbocycles. The molecular formula is C76H125Cl3N12O8S3. The van der Waals surface area contributed by atoms with Crippen molar-refractivity contribution in [3.05, 3.63) is 33.3 Å². The Kier molecular flexibility index (Phi) is 45.6. The van der Waals surface area contributed by atoms with Crippen LogP contribution in [0.3, 0.4) is 0 Å². The normalized spacial score (nSPS) is 11.8. The highest BCUT2D eigenvalue weighted by atomic mass is 35.5. The molecule has 6 rings (SSSR count). The van der Waals surface area contributed by atoms with E-state index >= 15 is 0 Å². The molecule has 20 nitrogen and oxygen atoms in total. The molecule has 6 aromatic rings. The summed E-state index contributed by atoms with van der Waals surface area (Å²) in [7, 11) is -2.15. The number of aromatic nitrogens is 12. The molecule has 0 aliphatic rings. The zero-order valence-electron chi connectivity index (χ0n) is 63.6. The molecule has 2 N–H and O–H groups in total. The predicted molar refractivity (Wildman–Crippen MR) is 421 cm³/mol. The van der Waals surface area contributed by atoms with Crippen LogP contribution in [-0.4, -0.2) is 118 Å². The highest BCUT2D eigenvalue weighted by Crippen LogP contribution is 2.33. The van der Waals surface area contributed by atoms with Gasteiger partial charge in [0.2, 0.25) is 15.9 Å². The molecule has 0 fully saturated rings. The number of ether oxygens (including phenoxy) is 1. The lowest BCUT2D eigenvalue weighted by molar-refractivity contribution is -0.141. The summed E-state index contributed by atoms with van der Waals surface area (Å²) in [4.78, 5) is 71.6. The molecule has 0 saturated carbocycles. The van der Waals surface area contributed by atoms with Crippen molar-refractivity contribution in [3.8, 4) is 0 Å². The third kappa shape index (κ3) is 35.3. The number of aliphatic carboxylic acids is 2. The van der Waals surface area contributed by atoms with E-state index in [1.165, 1.54) is 180 Å². The first kappa shape index (κ1) is 90.0. The number of methoxy groups -OCH3 is 1. The molecule has 6 aromatic heterocycles. The van der Waals surface area contributed by atoms with Crippen LogP contribution in [0, 0.1) is 20.8 Å². The number of sulfone groups is 1. The van der Waals surface area contributed by atoms with Gasteiger partial charge in [-0.25, -0.2) is 38.3 Å². The van der Waals surface area contributed by atoms with E-state index in [0.717, 1.165) is 129 Å². The molecule has 6 heterocycles. The second-order valence-electron chi connectivity index (χ2n) is 28.2. The third-order valence-corrected chi connectivity index (χ3v) is 22.9. The Balaban J connectivity index is 0.000000324. The van der Waals surface area contributed by atoms with Gasteiger partial charge in [0.25, 0.3) is 0 Å². The summed E-state index contributed by atoms with van der Waals surface area (Å²) < 4.78 is 36.9. The number of esters is 1. The van der Waals surface area contributed by atoms with Gasteiger partial charge in [-0.15, -0.1) is 23.5 Å². The molecule has 0 aromatic carbocycles. The van der Waals surface area contributed by atoms with Crippen molar-refractivity contribution in [3.63, 3.8) is 0 Å². The first-order valence-electron chi connectivity index (χ1n) is 38.7. The molecule has 0 bridgehead atoms. The van der Waals surface area contributed by atoms with Crippen LogP contribution in [0.25, 0.3) is 33.5 Å². The molecule has 26 heteroatoms. The van der Waals surface area contributed by atoms with Crippen LogP contribution in [-0.2, 0) is 48.6 Å². The van der Waals surface area contributed by atoms with Gasteiger partial charge >= 0.3 is 17.9 Å². The number of carbonyl (C=O) groups excluding carboxylic acids is 1. The van der Waals surface area contributed by atoms with E-state index in [1.807, 2.05) is 25.3 Å². The number of fused-ring (bicyclic) bond motifs is 3. The molecule has 0 amide bonds. The summed E-state index contributed by atoms with van der Waals surface area (Å²) >= 11 is 21.7. The fourth-order valence-corrected chi connectivity index (χ4v) is 16.3. The van der Waals surface area contributed by atoms with Crippen molar-refractivity contribution in [1.29, 1.82) is 0 Å². The van der Waals surface area contributed by atoms with Gasteiger partial charge in [-0.3, -0.25) is 14.4 Å². The number of hydrogen-bond donors (Lipinski definition) is 2. The highest BCUT2D eigenvalue weighted by molar-refractivity contribution is 8.00. The minimum atomic E-state index is -3.61. The van der Waals surface area contributed by atoms with Crippen LogP contribution in [0.4, 0.5) is 0 Å². The second-order valence-corrected chi connectivity index (χ2v) is 34.7. The number of carboxylic acid groups (broad SMARTS) is 2. The minimum Gasteiger partial charge on any atom is -0.481 e. The molecule has 0 radical (unpaired) electrons. The number of aryl methyl sites for hydroxylation is 6. The van der Waals surface area contributed by atoms with E-state index in [-0.39, 0.29) is 26.8 Å². The average Bonchev–Trinajstić information content (AvgIpc) is 1.66. The lowest BCUT2D eigenvalue weighted by Crippen LogP contribution is -2.18. The Bertz CT molecular complexity index is 3490. The summed E-state index contributed by atoms with van der Waals surface area (Å²) in [6.07, 6.45) is 48.2. The number of carboxylic acids is 2. The third-order valence-electron chi connectivity index (χ3n) is 18.3. The maximum atomic E-state index is 12.9. The van der Waals surface area contributed by atoms with Gasteiger partial charge in [-0.05, 0) is 108 Å². The monoisotopic (exact) mass is 1530 g/mol. The van der Waals surface area contributed by atoms with Crippen LogP contribution in [0.15, 0.2) is 15.1 Å². The Labute approximate surface area is 634 Å². The predicted octanol–water partition coefficient (Wildman–Crippen LogP) is 22.3. The first-order valence-corrected chi connectivity index (χ1v) is 43.2. The Morgan fingerprint density at radius 3 is 0.882 bits per heavy atom. The topological polar surface area (TPSA) is 266 Å². The largest absolute Gasteiger partial charge is 0.481 e. The van der Waals surface area contributed by atoms with E-state index in [2.05, 4.69) is 86.4 Å². The molecule has 0 aliphatic heterocycles. The number of imidazole rings is 3. The van der Waals surface area contributed by atoms with Gasteiger partial charge in [0.1, 0.15) is 44.1 Å². The van der Waals surface area contributed by atoms with E-state index in [0.29, 0.717) is 58.8 Å². The fourth-order valence-electron chi connectivity index (χ4n) is 12.7. The number of carbonyl (C=O) groups is 3. The Morgan fingerprint density at radius 1 is 0.373 bits per heavy atom. The van der Waals surface area contributed by atoms with Crippen LogP contribution in [0.2, 0.25) is 15.9 Å². The number of thioether (sulfide) groups is 2. The molecule has 102 heavy (non-hydrogen) atoms. The molecule has 0 unspecified atom stereocenters. The van der Waals surface area contributed by atoms with Gasteiger partial charge in [-0.1, -0.05) is 240 Å². The number of hydrogen-bond acceptors (Lipinski definition) is 17. The van der Waals surface area contributed by atoms with E-state index < -0.39 is 27.0 Å². The standard InChI is InChI=1S/C26H43ClN4O2S.C25H41ClN4O4S.C25H41ClN4O2S/c1-20(2)34-25-23-24(29-26(27)30-25)28-21(3)31(23)19-17-15-13-11-9-7-5-6-8-10-12-14-16-18-22(32)33-4;1-19(2)35(33,34)24-22-23(28-25(26)29-24)27-20(3)30(22)18-16-14-12-10-8-6-4-5-7-9-11-13-15-17-21(31)32;1-19(2)33-24-22-23(28-25(26)29-24)27-20(3)30(22)18-16-14-12-10-8-6-4-5-7-9-11-13-15-17-21(31)32/h20H,5-19H2,1-4H3;19H,4-18H2,1-3H3,(H,31,32);19H,4-18H2,1-3H3,(H,31,32). The molecule has 0 atom stereocenters. The molecule has 576 valence electrons. The van der Waals surface area contributed by atoms with Crippen LogP contribution in [0.1, 0.15) is 329 Å². The highest BCUT2D eigenvalue weighted by Gasteiger charge is 2.29. The zero-order valence-corrected chi connectivity index (χ0v) is 68.3. The van der Waals surface area contributed by atoms with E-state index in [1.54, 1.807) is 37.4 Å². The van der Waals surface area contributed by atoms with Crippen molar-refractivity contribution < 1.29 is 37.8 Å². The lowest BCUT2D eigenvalue weighted by atomic mass is 10.0. The summed E-state index contributed by atoms with van der Waals surface area (Å²) in [6.45, 7) is 20.4. The SMILES string of the molecule is COC(=O)CCCCCCCCCCCCCCCn1c(C)nc2nc(Cl)nc(SC(C)C)c21.Cc1nc2nc(Cl)nc(S(=O)(=O)C(C)C)c2n1CCCCCCCCCCCCCCCC(=O)O.Cc1nc2nc(Cl)nc(SC(C)C)c2n1CCCCCCCCCCCCCCCC(=O)O. The van der Waals surface area contributed by atoms with Gasteiger partial charge < -0.3 is 28.7 Å². The summed E-state index contributed by atoms with van der Waals surface area (Å²) in [5.41, 5.74) is 4.27. The van der Waals surface area contributed by atoms with Gasteiger partial charge in [0.05, 0.1) is 12.4 Å². The minimum absolute atomic E-state index is 0.0247. The van der Waals surface area contributed by atoms with Crippen molar-refractivity contribution in [1.82, 2.24) is 58.6 Å². The van der Waals surface area contributed by atoms with Gasteiger partial charge in [-0.2, -0.15) is 15.0 Å². The van der Waals surface area contributed by atoms with Crippen molar-refractivity contribution >= 4 is 120 Å².